The summed E-state index contributed by atoms with van der Waals surface area (Å²) in [4.78, 5) is 40.8. The van der Waals surface area contributed by atoms with Crippen LogP contribution in [0.25, 0.3) is 0 Å². The standard InChI is InChI=1S/C11H14N6O3/c1-2-6-12-7(16-15-6)8(18)17-4-3-11(5-17)9(19)13-10(20)14-11/h2-5H2,1H3,(H,12,15,16)(H2,13,14,19,20). The lowest BCUT2D eigenvalue weighted by Gasteiger charge is -2.20. The van der Waals surface area contributed by atoms with Crippen LogP contribution < -0.4 is 10.6 Å². The number of nitrogens with zero attached hydrogens (tertiary/aromatic N) is 3. The van der Waals surface area contributed by atoms with Gasteiger partial charge >= 0.3 is 6.03 Å². The van der Waals surface area contributed by atoms with Gasteiger partial charge in [0.25, 0.3) is 11.8 Å². The fourth-order valence-electron chi connectivity index (χ4n) is 2.49. The van der Waals surface area contributed by atoms with Crippen LogP contribution >= 0.6 is 0 Å². The van der Waals surface area contributed by atoms with Gasteiger partial charge in [0.05, 0.1) is 6.54 Å². The summed E-state index contributed by atoms with van der Waals surface area (Å²) in [6.45, 7) is 2.42. The minimum atomic E-state index is -1.00. The van der Waals surface area contributed by atoms with Crippen LogP contribution in [0.2, 0.25) is 0 Å². The molecule has 9 nitrogen and oxygen atoms in total. The highest BCUT2D eigenvalue weighted by Crippen LogP contribution is 2.25. The lowest BCUT2D eigenvalue weighted by atomic mass is 10.00. The smallest absolute Gasteiger partial charge is 0.322 e. The van der Waals surface area contributed by atoms with E-state index in [1.54, 1.807) is 0 Å². The molecule has 106 valence electrons. The van der Waals surface area contributed by atoms with Crippen LogP contribution in [0, 0.1) is 0 Å². The average molecular weight is 278 g/mol. The molecular weight excluding hydrogens is 264 g/mol. The van der Waals surface area contributed by atoms with E-state index in [0.29, 0.717) is 25.2 Å². The highest BCUT2D eigenvalue weighted by Gasteiger charge is 2.52. The van der Waals surface area contributed by atoms with Crippen LogP contribution in [-0.2, 0) is 11.2 Å². The molecule has 0 bridgehead atoms. The number of aryl methyl sites for hydroxylation is 1. The molecule has 1 aromatic rings. The Morgan fingerprint density at radius 1 is 1.45 bits per heavy atom. The zero-order chi connectivity index (χ0) is 14.3. The van der Waals surface area contributed by atoms with Crippen molar-refractivity contribution in [1.82, 2.24) is 30.7 Å². The number of urea groups is 1. The Morgan fingerprint density at radius 2 is 2.25 bits per heavy atom. The number of aromatic nitrogens is 3. The zero-order valence-corrected chi connectivity index (χ0v) is 10.9. The Kier molecular flexibility index (Phi) is 2.70. The fraction of sp³-hybridized carbons (Fsp3) is 0.545. The maximum Gasteiger partial charge on any atom is 0.322 e. The molecule has 20 heavy (non-hydrogen) atoms. The normalized spacial score (nSPS) is 25.1. The molecular formula is C11H14N6O3. The number of amides is 4. The van der Waals surface area contributed by atoms with E-state index in [0.717, 1.165) is 0 Å². The maximum atomic E-state index is 12.2. The highest BCUT2D eigenvalue weighted by atomic mass is 16.2. The Bertz CT molecular complexity index is 597. The van der Waals surface area contributed by atoms with E-state index in [2.05, 4.69) is 25.8 Å². The summed E-state index contributed by atoms with van der Waals surface area (Å²) in [7, 11) is 0. The quantitative estimate of drug-likeness (QED) is 0.586. The minimum absolute atomic E-state index is 0.0867. The predicted molar refractivity (Wildman–Crippen MR) is 65.7 cm³/mol. The molecule has 4 amide bonds. The minimum Gasteiger partial charge on any atom is -0.333 e. The lowest BCUT2D eigenvalue weighted by Crippen LogP contribution is -2.49. The van der Waals surface area contributed by atoms with Gasteiger partial charge in [-0.25, -0.2) is 9.78 Å². The van der Waals surface area contributed by atoms with E-state index >= 15 is 0 Å². The number of aromatic amines is 1. The van der Waals surface area contributed by atoms with Crippen molar-refractivity contribution in [3.63, 3.8) is 0 Å². The first-order chi connectivity index (χ1) is 9.54. The van der Waals surface area contributed by atoms with Crippen molar-refractivity contribution < 1.29 is 14.4 Å². The van der Waals surface area contributed by atoms with Crippen LogP contribution in [-0.4, -0.2) is 56.6 Å². The summed E-state index contributed by atoms with van der Waals surface area (Å²) >= 11 is 0. The Hall–Kier alpha value is -2.45. The molecule has 2 saturated heterocycles. The first kappa shape index (κ1) is 12.6. The third-order valence-electron chi connectivity index (χ3n) is 3.63. The molecule has 2 fully saturated rings. The first-order valence-electron chi connectivity index (χ1n) is 6.38. The number of likely N-dealkylation sites (tertiary alicyclic amines) is 1. The topological polar surface area (TPSA) is 120 Å². The largest absolute Gasteiger partial charge is 0.333 e. The lowest BCUT2D eigenvalue weighted by molar-refractivity contribution is -0.123. The third kappa shape index (κ3) is 1.82. The van der Waals surface area contributed by atoms with Crippen molar-refractivity contribution in [3.8, 4) is 0 Å². The van der Waals surface area contributed by atoms with Gasteiger partial charge < -0.3 is 10.2 Å². The summed E-state index contributed by atoms with van der Waals surface area (Å²) in [6, 6.07) is -0.518. The number of hydrogen-bond acceptors (Lipinski definition) is 5. The number of H-pyrrole nitrogens is 1. The van der Waals surface area contributed by atoms with E-state index in [4.69, 9.17) is 0 Å². The summed E-state index contributed by atoms with van der Waals surface area (Å²) in [5.41, 5.74) is -1.00. The predicted octanol–water partition coefficient (Wildman–Crippen LogP) is -1.21. The van der Waals surface area contributed by atoms with Gasteiger partial charge in [-0.15, -0.1) is 5.10 Å². The Morgan fingerprint density at radius 3 is 2.85 bits per heavy atom. The van der Waals surface area contributed by atoms with Gasteiger partial charge in [0, 0.05) is 13.0 Å². The molecule has 0 aromatic carbocycles. The van der Waals surface area contributed by atoms with Gasteiger partial charge in [0.15, 0.2) is 0 Å². The van der Waals surface area contributed by atoms with E-state index in [1.165, 1.54) is 4.90 Å². The number of hydrogen-bond donors (Lipinski definition) is 3. The molecule has 0 aliphatic carbocycles. The third-order valence-corrected chi connectivity index (χ3v) is 3.63. The van der Waals surface area contributed by atoms with Crippen molar-refractivity contribution >= 4 is 17.8 Å². The monoisotopic (exact) mass is 278 g/mol. The summed E-state index contributed by atoms with van der Waals surface area (Å²) in [5.74, 6) is -0.00777. The fourth-order valence-corrected chi connectivity index (χ4v) is 2.49. The van der Waals surface area contributed by atoms with Gasteiger partial charge in [-0.3, -0.25) is 20.0 Å². The van der Waals surface area contributed by atoms with Gasteiger partial charge in [-0.2, -0.15) is 0 Å². The molecule has 0 saturated carbocycles. The molecule has 1 spiro atoms. The SMILES string of the molecule is CCc1nc(C(=O)N2CCC3(C2)NC(=O)NC3=O)n[nH]1. The second-order valence-corrected chi connectivity index (χ2v) is 4.93. The van der Waals surface area contributed by atoms with Gasteiger partial charge in [-0.1, -0.05) is 6.92 Å². The Labute approximate surface area is 114 Å². The van der Waals surface area contributed by atoms with Crippen LogP contribution in [0.1, 0.15) is 29.8 Å². The first-order valence-corrected chi connectivity index (χ1v) is 6.38. The van der Waals surface area contributed by atoms with E-state index < -0.39 is 11.6 Å². The molecule has 1 unspecified atom stereocenters. The summed E-state index contributed by atoms with van der Waals surface area (Å²) in [5, 5.41) is 11.3. The maximum absolute atomic E-state index is 12.2. The second-order valence-electron chi connectivity index (χ2n) is 4.93. The zero-order valence-electron chi connectivity index (χ0n) is 10.9. The van der Waals surface area contributed by atoms with Crippen molar-refractivity contribution in [2.45, 2.75) is 25.3 Å². The number of imide groups is 1. The van der Waals surface area contributed by atoms with Crippen molar-refractivity contribution in [2.75, 3.05) is 13.1 Å². The molecule has 2 aliphatic heterocycles. The number of carbonyl (C=O) groups is 3. The molecule has 3 rings (SSSR count). The van der Waals surface area contributed by atoms with Crippen LogP contribution in [0.5, 0.6) is 0 Å². The van der Waals surface area contributed by atoms with Gasteiger partial charge in [0.1, 0.15) is 11.4 Å². The number of carbonyl (C=O) groups excluding carboxylic acids is 3. The Balaban J connectivity index is 1.75. The van der Waals surface area contributed by atoms with Crippen molar-refractivity contribution in [3.05, 3.63) is 11.6 Å². The van der Waals surface area contributed by atoms with Crippen molar-refractivity contribution in [2.24, 2.45) is 0 Å². The molecule has 2 aliphatic rings. The van der Waals surface area contributed by atoms with E-state index in [9.17, 15) is 14.4 Å². The van der Waals surface area contributed by atoms with Gasteiger partial charge in [-0.05, 0) is 6.42 Å². The van der Waals surface area contributed by atoms with Crippen LogP contribution in [0.4, 0.5) is 4.79 Å². The highest BCUT2D eigenvalue weighted by molar-refractivity contribution is 6.08. The molecule has 1 atom stereocenters. The average Bonchev–Trinajstić information content (AvgIpc) is 3.10. The van der Waals surface area contributed by atoms with E-state index in [-0.39, 0.29) is 24.2 Å². The number of nitrogens with one attached hydrogen (secondary N) is 3. The summed E-state index contributed by atoms with van der Waals surface area (Å²) < 4.78 is 0. The molecule has 1 aromatic heterocycles. The van der Waals surface area contributed by atoms with Gasteiger partial charge in [0.2, 0.25) is 5.82 Å². The summed E-state index contributed by atoms with van der Waals surface area (Å²) in [6.07, 6.45) is 1.05. The van der Waals surface area contributed by atoms with Crippen LogP contribution in [0.3, 0.4) is 0 Å². The molecule has 0 radical (unpaired) electrons. The second kappa shape index (κ2) is 4.29. The molecule has 3 N–H and O–H groups in total. The molecule has 3 heterocycles. The molecule has 9 heteroatoms. The number of rotatable bonds is 2. The van der Waals surface area contributed by atoms with E-state index in [1.807, 2.05) is 6.92 Å². The van der Waals surface area contributed by atoms with Crippen molar-refractivity contribution in [1.29, 1.82) is 0 Å². The van der Waals surface area contributed by atoms with Crippen LogP contribution in [0.15, 0.2) is 0 Å².